The molecule has 3 rings (SSSR count). The molecule has 0 aliphatic carbocycles. The van der Waals surface area contributed by atoms with E-state index in [1.807, 2.05) is 45.0 Å². The first kappa shape index (κ1) is 23.5. The summed E-state index contributed by atoms with van der Waals surface area (Å²) in [7, 11) is -4.17. The van der Waals surface area contributed by atoms with Crippen LogP contribution in [0.2, 0.25) is 0 Å². The lowest BCUT2D eigenvalue weighted by Crippen LogP contribution is -2.01. The van der Waals surface area contributed by atoms with Crippen LogP contribution in [0.5, 0.6) is 5.75 Å². The third kappa shape index (κ3) is 5.96. The molecule has 8 heteroatoms. The molecule has 0 aliphatic heterocycles. The molecule has 0 saturated heterocycles. The summed E-state index contributed by atoms with van der Waals surface area (Å²) in [5.41, 5.74) is 7.63. The molecule has 0 aromatic heterocycles. The quantitative estimate of drug-likeness (QED) is 0.295. The highest BCUT2D eigenvalue weighted by molar-refractivity contribution is 7.56. The lowest BCUT2D eigenvalue weighted by molar-refractivity contribution is 0.349. The second-order valence-corrected chi connectivity index (χ2v) is 9.70. The van der Waals surface area contributed by atoms with E-state index in [9.17, 15) is 19.3 Å². The summed E-state index contributed by atoms with van der Waals surface area (Å²) < 4.78 is 16.7. The Bertz CT molecular complexity index is 1170. The van der Waals surface area contributed by atoms with Crippen molar-refractivity contribution in [1.29, 1.82) is 0 Å². The minimum atomic E-state index is -4.17. The molecule has 1 N–H and O–H groups in total. The second kappa shape index (κ2) is 9.98. The molecular formula is C24H25N2O5P. The highest BCUT2D eigenvalue weighted by Gasteiger charge is 2.20. The summed E-state index contributed by atoms with van der Waals surface area (Å²) in [5.74, 6) is 0.405. The molecule has 0 saturated carbocycles. The van der Waals surface area contributed by atoms with E-state index < -0.39 is 13.9 Å². The fraction of sp³-hybridized carbons (Fsp3) is 0.250. The molecule has 1 atom stereocenters. The average Bonchev–Trinajstić information content (AvgIpc) is 2.77. The van der Waals surface area contributed by atoms with E-state index in [0.717, 1.165) is 33.4 Å². The van der Waals surface area contributed by atoms with Gasteiger partial charge in [-0.15, -0.1) is 9.81 Å². The average molecular weight is 452 g/mol. The second-order valence-electron chi connectivity index (χ2n) is 7.95. The molecule has 0 fully saturated rings. The SMILES string of the molecule is Cc1ccc(Cc2cc(Cc3c(C)cc(OCP(=O)(O)N=O)cc3C)ccc2N=O)cc1. The van der Waals surface area contributed by atoms with Crippen LogP contribution in [0.25, 0.3) is 0 Å². The van der Waals surface area contributed by atoms with Crippen molar-refractivity contribution >= 4 is 13.2 Å². The summed E-state index contributed by atoms with van der Waals surface area (Å²) in [6.45, 7) is 5.89. The van der Waals surface area contributed by atoms with Crippen LogP contribution in [-0.2, 0) is 17.4 Å². The van der Waals surface area contributed by atoms with Crippen LogP contribution >= 0.6 is 7.52 Å². The zero-order valence-electron chi connectivity index (χ0n) is 18.2. The van der Waals surface area contributed by atoms with Gasteiger partial charge in [0.1, 0.15) is 11.4 Å². The lowest BCUT2D eigenvalue weighted by Gasteiger charge is -2.15. The Morgan fingerprint density at radius 1 is 0.875 bits per heavy atom. The Labute approximate surface area is 186 Å². The predicted molar refractivity (Wildman–Crippen MR) is 126 cm³/mol. The molecule has 0 aliphatic rings. The van der Waals surface area contributed by atoms with Crippen LogP contribution in [0.1, 0.15) is 38.9 Å². The number of rotatable bonds is 9. The smallest absolute Gasteiger partial charge is 0.385 e. The first-order chi connectivity index (χ1) is 15.2. The van der Waals surface area contributed by atoms with Gasteiger partial charge in [0.05, 0.1) is 0 Å². The van der Waals surface area contributed by atoms with Gasteiger partial charge in [-0.25, -0.2) is 0 Å². The Morgan fingerprint density at radius 3 is 2.09 bits per heavy atom. The van der Waals surface area contributed by atoms with Gasteiger partial charge in [0, 0.05) is 4.95 Å². The number of hydrogen-bond acceptors (Lipinski definition) is 5. The summed E-state index contributed by atoms with van der Waals surface area (Å²) in [4.78, 5) is 33.2. The normalized spacial score (nSPS) is 12.8. The zero-order valence-corrected chi connectivity index (χ0v) is 19.1. The van der Waals surface area contributed by atoms with Crippen molar-refractivity contribution in [2.45, 2.75) is 33.6 Å². The number of nitroso groups, excluding NO2 is 2. The third-order valence-electron chi connectivity index (χ3n) is 5.33. The maximum atomic E-state index is 11.4. The Balaban J connectivity index is 1.83. The van der Waals surface area contributed by atoms with Crippen LogP contribution in [0.3, 0.4) is 0 Å². The van der Waals surface area contributed by atoms with Gasteiger partial charge in [-0.3, -0.25) is 4.57 Å². The van der Waals surface area contributed by atoms with Gasteiger partial charge in [0.15, 0.2) is 6.35 Å². The van der Waals surface area contributed by atoms with E-state index in [1.165, 1.54) is 5.56 Å². The van der Waals surface area contributed by atoms with E-state index in [-0.39, 0.29) is 0 Å². The van der Waals surface area contributed by atoms with Crippen LogP contribution in [0.15, 0.2) is 64.7 Å². The van der Waals surface area contributed by atoms with Crippen molar-refractivity contribution in [2.24, 2.45) is 10.1 Å². The van der Waals surface area contributed by atoms with Crippen molar-refractivity contribution in [1.82, 2.24) is 0 Å². The summed E-state index contributed by atoms with van der Waals surface area (Å²) in [6, 6.07) is 17.4. The topological polar surface area (TPSA) is 105 Å². The standard InChI is InChI=1S/C24H25N2O5P/c1-16-4-6-19(7-5-16)12-21-13-20(8-9-24(21)25-27)14-23-17(2)10-22(11-18(23)3)31-15-32(29,30)26-28/h4-11,13H,12,14-15H2,1-3H3,(H,29,30). The highest BCUT2D eigenvalue weighted by atomic mass is 31.2. The number of benzene rings is 3. The fourth-order valence-corrected chi connectivity index (χ4v) is 3.97. The van der Waals surface area contributed by atoms with Crippen LogP contribution in [0.4, 0.5) is 5.69 Å². The summed E-state index contributed by atoms with van der Waals surface area (Å²) in [6.07, 6.45) is 0.607. The summed E-state index contributed by atoms with van der Waals surface area (Å²) in [5, 5.41) is 3.19. The van der Waals surface area contributed by atoms with Crippen LogP contribution in [0, 0.1) is 30.6 Å². The summed E-state index contributed by atoms with van der Waals surface area (Å²) >= 11 is 0. The monoisotopic (exact) mass is 452 g/mol. The molecule has 0 spiro atoms. The van der Waals surface area contributed by atoms with Crippen LogP contribution < -0.4 is 4.74 Å². The largest absolute Gasteiger partial charge is 0.481 e. The Kier molecular flexibility index (Phi) is 7.33. The van der Waals surface area contributed by atoms with E-state index >= 15 is 0 Å². The minimum absolute atomic E-state index is 0.405. The number of ether oxygens (including phenoxy) is 1. The van der Waals surface area contributed by atoms with E-state index in [1.54, 1.807) is 18.2 Å². The van der Waals surface area contributed by atoms with Gasteiger partial charge in [-0.05, 0) is 90.4 Å². The van der Waals surface area contributed by atoms with Gasteiger partial charge in [0.2, 0.25) is 0 Å². The third-order valence-corrected chi connectivity index (χ3v) is 6.06. The maximum absolute atomic E-state index is 11.4. The molecule has 0 bridgehead atoms. The Morgan fingerprint density at radius 2 is 1.50 bits per heavy atom. The molecule has 1 unspecified atom stereocenters. The molecule has 3 aromatic rings. The first-order valence-corrected chi connectivity index (χ1v) is 11.9. The molecule has 0 amide bonds. The Hall–Kier alpha value is -3.15. The molecule has 7 nitrogen and oxygen atoms in total. The van der Waals surface area contributed by atoms with Crippen molar-refractivity contribution in [3.63, 3.8) is 0 Å². The lowest BCUT2D eigenvalue weighted by atomic mass is 9.93. The minimum Gasteiger partial charge on any atom is -0.481 e. The van der Waals surface area contributed by atoms with E-state index in [4.69, 9.17) is 4.74 Å². The maximum Gasteiger partial charge on any atom is 0.385 e. The first-order valence-electron chi connectivity index (χ1n) is 10.1. The van der Waals surface area contributed by atoms with E-state index in [0.29, 0.717) is 24.3 Å². The molecule has 32 heavy (non-hydrogen) atoms. The van der Waals surface area contributed by atoms with Gasteiger partial charge in [-0.1, -0.05) is 42.0 Å². The van der Waals surface area contributed by atoms with Crippen molar-refractivity contribution < 1.29 is 14.2 Å². The van der Waals surface area contributed by atoms with Crippen LogP contribution in [-0.4, -0.2) is 11.2 Å². The number of aryl methyl sites for hydroxylation is 3. The van der Waals surface area contributed by atoms with Crippen molar-refractivity contribution in [3.8, 4) is 5.75 Å². The molecule has 166 valence electrons. The molecule has 0 heterocycles. The number of hydrogen-bond donors (Lipinski definition) is 1. The zero-order chi connectivity index (χ0) is 23.3. The fourth-order valence-electron chi connectivity index (χ4n) is 3.61. The van der Waals surface area contributed by atoms with Crippen molar-refractivity contribution in [3.05, 3.63) is 103 Å². The number of nitrogens with zero attached hydrogens (tertiary/aromatic N) is 2. The highest BCUT2D eigenvalue weighted by Crippen LogP contribution is 2.41. The molecule has 0 radical (unpaired) electrons. The van der Waals surface area contributed by atoms with Gasteiger partial charge in [0.25, 0.3) is 0 Å². The molecular weight excluding hydrogens is 427 g/mol. The van der Waals surface area contributed by atoms with Crippen molar-refractivity contribution in [2.75, 3.05) is 6.35 Å². The van der Waals surface area contributed by atoms with Gasteiger partial charge in [-0.2, -0.15) is 0 Å². The predicted octanol–water partition coefficient (Wildman–Crippen LogP) is 6.48. The van der Waals surface area contributed by atoms with Gasteiger partial charge >= 0.3 is 7.52 Å². The van der Waals surface area contributed by atoms with E-state index in [2.05, 4.69) is 22.3 Å². The molecule has 3 aromatic carbocycles. The van der Waals surface area contributed by atoms with Gasteiger partial charge < -0.3 is 9.63 Å².